The lowest BCUT2D eigenvalue weighted by atomic mass is 10.1. The topological polar surface area (TPSA) is 59.8 Å². The van der Waals surface area contributed by atoms with Crippen LogP contribution in [0.3, 0.4) is 0 Å². The minimum atomic E-state index is -0.336. The number of nitrogens with one attached hydrogen (secondary N) is 1. The number of carbonyl (C=O) groups is 1. The Labute approximate surface area is 176 Å². The number of benzene rings is 3. The molecular weight excluding hydrogens is 372 g/mol. The first-order chi connectivity index (χ1) is 14.4. The quantitative estimate of drug-likeness (QED) is 0.501. The maximum Gasteiger partial charge on any atom is 0.295 e. The fourth-order valence-corrected chi connectivity index (χ4v) is 3.34. The molecule has 5 nitrogen and oxygen atoms in total. The van der Waals surface area contributed by atoms with Crippen LogP contribution in [0, 0.1) is 27.7 Å². The van der Waals surface area contributed by atoms with E-state index in [1.54, 1.807) is 4.68 Å². The number of aryl methyl sites for hydroxylation is 3. The molecule has 1 heterocycles. The Morgan fingerprint density at radius 3 is 2.33 bits per heavy atom. The van der Waals surface area contributed by atoms with Gasteiger partial charge in [-0.15, -0.1) is 5.10 Å². The van der Waals surface area contributed by atoms with Crippen molar-refractivity contribution in [3.63, 3.8) is 0 Å². The molecule has 3 aromatic carbocycles. The highest BCUT2D eigenvalue weighted by Gasteiger charge is 2.20. The Balaban J connectivity index is 1.80. The zero-order chi connectivity index (χ0) is 21.3. The van der Waals surface area contributed by atoms with Gasteiger partial charge in [0.05, 0.1) is 5.69 Å². The highest BCUT2D eigenvalue weighted by molar-refractivity contribution is 6.01. The smallest absolute Gasteiger partial charge is 0.295 e. The van der Waals surface area contributed by atoms with Gasteiger partial charge in [0.2, 0.25) is 5.82 Å². The minimum Gasteiger partial charge on any atom is -0.319 e. The van der Waals surface area contributed by atoms with Crippen molar-refractivity contribution in [1.29, 1.82) is 0 Å². The van der Waals surface area contributed by atoms with Crippen molar-refractivity contribution in [2.45, 2.75) is 27.7 Å². The second-order valence-electron chi connectivity index (χ2n) is 7.58. The molecule has 0 saturated carbocycles. The van der Waals surface area contributed by atoms with Crippen LogP contribution in [-0.4, -0.2) is 20.7 Å². The van der Waals surface area contributed by atoms with Gasteiger partial charge in [-0.25, -0.2) is 9.67 Å². The highest BCUT2D eigenvalue weighted by Crippen LogP contribution is 2.25. The fourth-order valence-electron chi connectivity index (χ4n) is 3.34. The van der Waals surface area contributed by atoms with E-state index in [-0.39, 0.29) is 11.7 Å². The Morgan fingerprint density at radius 1 is 0.867 bits per heavy atom. The maximum atomic E-state index is 12.9. The van der Waals surface area contributed by atoms with Crippen molar-refractivity contribution in [2.24, 2.45) is 0 Å². The average molecular weight is 396 g/mol. The Kier molecular flexibility index (Phi) is 5.19. The molecule has 0 aliphatic heterocycles. The summed E-state index contributed by atoms with van der Waals surface area (Å²) < 4.78 is 1.77. The Hall–Kier alpha value is -3.73. The third-order valence-corrected chi connectivity index (χ3v) is 5.20. The number of aromatic nitrogens is 3. The fraction of sp³-hybridized carbons (Fsp3) is 0.160. The van der Waals surface area contributed by atoms with Crippen LogP contribution in [0.1, 0.15) is 32.9 Å². The van der Waals surface area contributed by atoms with E-state index in [0.717, 1.165) is 33.5 Å². The minimum absolute atomic E-state index is 0.132. The zero-order valence-corrected chi connectivity index (χ0v) is 17.6. The van der Waals surface area contributed by atoms with Crippen LogP contribution in [0.2, 0.25) is 0 Å². The summed E-state index contributed by atoms with van der Waals surface area (Å²) in [5, 5.41) is 7.48. The number of hydrogen-bond acceptors (Lipinski definition) is 3. The van der Waals surface area contributed by atoms with Crippen molar-refractivity contribution < 1.29 is 4.79 Å². The van der Waals surface area contributed by atoms with E-state index in [9.17, 15) is 4.79 Å². The van der Waals surface area contributed by atoms with Crippen molar-refractivity contribution in [2.75, 3.05) is 5.32 Å². The summed E-state index contributed by atoms with van der Waals surface area (Å²) in [5.74, 6) is 0.436. The molecule has 0 aliphatic carbocycles. The zero-order valence-electron chi connectivity index (χ0n) is 17.6. The number of carbonyl (C=O) groups excluding carboxylic acids is 1. The van der Waals surface area contributed by atoms with Gasteiger partial charge in [0.1, 0.15) is 0 Å². The van der Waals surface area contributed by atoms with Crippen molar-refractivity contribution in [3.8, 4) is 17.1 Å². The van der Waals surface area contributed by atoms with E-state index in [1.807, 2.05) is 74.5 Å². The first-order valence-electron chi connectivity index (χ1n) is 9.91. The molecule has 0 bridgehead atoms. The van der Waals surface area contributed by atoms with Crippen LogP contribution < -0.4 is 5.32 Å². The molecule has 1 aromatic heterocycles. The summed E-state index contributed by atoms with van der Waals surface area (Å²) >= 11 is 0. The SMILES string of the molecule is Cc1ccc(NC(=O)c2nc(-c3cccc(C)c3)n(-c3cccc(C)c3C)n2)cc1. The van der Waals surface area contributed by atoms with E-state index in [0.29, 0.717) is 11.5 Å². The van der Waals surface area contributed by atoms with Crippen molar-refractivity contribution >= 4 is 11.6 Å². The van der Waals surface area contributed by atoms with Crippen LogP contribution in [0.5, 0.6) is 0 Å². The Bertz CT molecular complexity index is 1220. The van der Waals surface area contributed by atoms with Crippen LogP contribution >= 0.6 is 0 Å². The van der Waals surface area contributed by atoms with E-state index in [1.165, 1.54) is 0 Å². The number of anilines is 1. The molecule has 1 N–H and O–H groups in total. The van der Waals surface area contributed by atoms with E-state index in [4.69, 9.17) is 0 Å². The molecule has 0 atom stereocenters. The summed E-state index contributed by atoms with van der Waals surface area (Å²) in [5.41, 5.74) is 7.04. The predicted octanol–water partition coefficient (Wildman–Crippen LogP) is 5.42. The molecule has 150 valence electrons. The van der Waals surface area contributed by atoms with Crippen LogP contribution in [0.15, 0.2) is 66.7 Å². The molecule has 4 aromatic rings. The van der Waals surface area contributed by atoms with Gasteiger partial charge in [0.25, 0.3) is 5.91 Å². The van der Waals surface area contributed by atoms with Gasteiger partial charge in [-0.2, -0.15) is 0 Å². The van der Waals surface area contributed by atoms with E-state index >= 15 is 0 Å². The molecule has 0 radical (unpaired) electrons. The summed E-state index contributed by atoms with van der Waals surface area (Å²) in [6, 6.07) is 21.8. The number of rotatable bonds is 4. The van der Waals surface area contributed by atoms with Crippen LogP contribution in [-0.2, 0) is 0 Å². The van der Waals surface area contributed by atoms with Crippen LogP contribution in [0.25, 0.3) is 17.1 Å². The second kappa shape index (κ2) is 7.95. The van der Waals surface area contributed by atoms with E-state index in [2.05, 4.69) is 35.3 Å². The lowest BCUT2D eigenvalue weighted by molar-refractivity contribution is 0.101. The van der Waals surface area contributed by atoms with Gasteiger partial charge in [-0.05, 0) is 63.1 Å². The third kappa shape index (κ3) is 3.87. The standard InChI is InChI=1S/C25H24N4O/c1-16-11-13-21(14-12-16)26-25(30)23-27-24(20-9-5-7-17(2)15-20)29(28-23)22-10-6-8-18(3)19(22)4/h5-15H,1-4H3,(H,26,30). The summed E-state index contributed by atoms with van der Waals surface area (Å²) in [4.78, 5) is 17.5. The molecule has 0 unspecified atom stereocenters. The van der Waals surface area contributed by atoms with Gasteiger partial charge >= 0.3 is 0 Å². The molecule has 1 amide bonds. The van der Waals surface area contributed by atoms with E-state index < -0.39 is 0 Å². The molecule has 0 fully saturated rings. The monoisotopic (exact) mass is 396 g/mol. The predicted molar refractivity (Wildman–Crippen MR) is 120 cm³/mol. The Morgan fingerprint density at radius 2 is 1.60 bits per heavy atom. The summed E-state index contributed by atoms with van der Waals surface area (Å²) in [7, 11) is 0. The third-order valence-electron chi connectivity index (χ3n) is 5.20. The van der Waals surface area contributed by atoms with Crippen LogP contribution in [0.4, 0.5) is 5.69 Å². The number of nitrogens with zero attached hydrogens (tertiary/aromatic N) is 3. The number of hydrogen-bond donors (Lipinski definition) is 1. The molecule has 0 saturated heterocycles. The van der Waals surface area contributed by atoms with Crippen molar-refractivity contribution in [3.05, 3.63) is 94.8 Å². The summed E-state index contributed by atoms with van der Waals surface area (Å²) in [6.45, 7) is 8.16. The first kappa shape index (κ1) is 19.6. The van der Waals surface area contributed by atoms with Gasteiger partial charge in [0.15, 0.2) is 5.82 Å². The molecule has 0 spiro atoms. The van der Waals surface area contributed by atoms with Gasteiger partial charge in [-0.3, -0.25) is 4.79 Å². The highest BCUT2D eigenvalue weighted by atomic mass is 16.2. The average Bonchev–Trinajstić information content (AvgIpc) is 3.17. The second-order valence-corrected chi connectivity index (χ2v) is 7.58. The molecule has 0 aliphatic rings. The van der Waals surface area contributed by atoms with Gasteiger partial charge in [-0.1, -0.05) is 53.6 Å². The van der Waals surface area contributed by atoms with Crippen molar-refractivity contribution in [1.82, 2.24) is 14.8 Å². The first-order valence-corrected chi connectivity index (χ1v) is 9.91. The van der Waals surface area contributed by atoms with Gasteiger partial charge < -0.3 is 5.32 Å². The normalized spacial score (nSPS) is 10.8. The molecular formula is C25H24N4O. The molecule has 4 rings (SSSR count). The largest absolute Gasteiger partial charge is 0.319 e. The lowest BCUT2D eigenvalue weighted by Crippen LogP contribution is -2.14. The summed E-state index contributed by atoms with van der Waals surface area (Å²) in [6.07, 6.45) is 0. The lowest BCUT2D eigenvalue weighted by Gasteiger charge is -2.11. The maximum absolute atomic E-state index is 12.9. The molecule has 30 heavy (non-hydrogen) atoms. The number of amides is 1. The van der Waals surface area contributed by atoms with Gasteiger partial charge in [0, 0.05) is 11.3 Å². The molecule has 5 heteroatoms.